The van der Waals surface area contributed by atoms with Crippen molar-refractivity contribution < 1.29 is 23.9 Å². The predicted molar refractivity (Wildman–Crippen MR) is 116 cm³/mol. The second kappa shape index (κ2) is 8.33. The van der Waals surface area contributed by atoms with Gasteiger partial charge in [-0.25, -0.2) is 4.79 Å². The molecule has 1 atom stereocenters. The summed E-state index contributed by atoms with van der Waals surface area (Å²) in [5.41, 5.74) is 1.02. The van der Waals surface area contributed by atoms with Gasteiger partial charge in [-0.3, -0.25) is 19.3 Å². The van der Waals surface area contributed by atoms with Gasteiger partial charge in [-0.05, 0) is 25.1 Å². The highest BCUT2D eigenvalue weighted by Crippen LogP contribution is 2.40. The highest BCUT2D eigenvalue weighted by molar-refractivity contribution is 6.10. The molecule has 2 heterocycles. The van der Waals surface area contributed by atoms with Crippen molar-refractivity contribution in [1.29, 1.82) is 0 Å². The minimum Gasteiger partial charge on any atom is -0.493 e. The molecule has 1 fully saturated rings. The van der Waals surface area contributed by atoms with E-state index in [4.69, 9.17) is 4.74 Å². The van der Waals surface area contributed by atoms with E-state index in [0.717, 1.165) is 10.5 Å². The number of aryl methyl sites for hydroxylation is 1. The van der Waals surface area contributed by atoms with Crippen molar-refractivity contribution in [3.8, 4) is 5.75 Å². The Morgan fingerprint density at radius 1 is 1.16 bits per heavy atom. The lowest BCUT2D eigenvalue weighted by Crippen LogP contribution is -2.48. The first-order valence-corrected chi connectivity index (χ1v) is 10.3. The number of anilines is 1. The van der Waals surface area contributed by atoms with Gasteiger partial charge in [0.25, 0.3) is 5.91 Å². The number of amides is 5. The summed E-state index contributed by atoms with van der Waals surface area (Å²) in [6.45, 7) is 1.54. The zero-order chi connectivity index (χ0) is 22.9. The van der Waals surface area contributed by atoms with E-state index in [1.54, 1.807) is 36.4 Å². The van der Waals surface area contributed by atoms with E-state index in [2.05, 4.69) is 10.6 Å². The maximum Gasteiger partial charge on any atom is 0.325 e. The summed E-state index contributed by atoms with van der Waals surface area (Å²) >= 11 is 0. The molecule has 2 aromatic carbocycles. The number of nitrogens with one attached hydrogen (secondary N) is 2. The summed E-state index contributed by atoms with van der Waals surface area (Å²) in [5, 5.41) is 5.47. The van der Waals surface area contributed by atoms with Crippen molar-refractivity contribution >= 4 is 29.4 Å². The number of urea groups is 1. The Kier molecular flexibility index (Phi) is 5.56. The van der Waals surface area contributed by atoms with Crippen molar-refractivity contribution in [2.24, 2.45) is 0 Å². The van der Waals surface area contributed by atoms with Gasteiger partial charge in [-0.2, -0.15) is 0 Å². The molecule has 5 amide bonds. The van der Waals surface area contributed by atoms with Crippen molar-refractivity contribution in [1.82, 2.24) is 15.1 Å². The first-order chi connectivity index (χ1) is 15.3. The molecule has 0 aliphatic carbocycles. The highest BCUT2D eigenvalue weighted by atomic mass is 16.5. The minimum absolute atomic E-state index is 0.210. The van der Waals surface area contributed by atoms with Crippen LogP contribution in [-0.4, -0.2) is 60.3 Å². The third-order valence-corrected chi connectivity index (χ3v) is 5.69. The molecule has 2 N–H and O–H groups in total. The number of hydrogen-bond acceptors (Lipinski definition) is 5. The molecule has 4 rings (SSSR count). The molecule has 1 spiro atoms. The monoisotopic (exact) mass is 436 g/mol. The molecule has 1 saturated heterocycles. The zero-order valence-corrected chi connectivity index (χ0v) is 17.9. The van der Waals surface area contributed by atoms with E-state index in [0.29, 0.717) is 17.0 Å². The van der Waals surface area contributed by atoms with Crippen LogP contribution in [0.3, 0.4) is 0 Å². The number of fused-ring (bicyclic) bond motifs is 2. The SMILES string of the molecule is Cc1ccc(NC(=O)CN(C)C(=O)CN2C(=O)N[C@@]3(CCOc4ccccc43)C2=O)cc1. The summed E-state index contributed by atoms with van der Waals surface area (Å²) in [7, 11) is 1.45. The van der Waals surface area contributed by atoms with Crippen LogP contribution in [0.4, 0.5) is 10.5 Å². The molecule has 32 heavy (non-hydrogen) atoms. The van der Waals surface area contributed by atoms with Crippen LogP contribution in [0.1, 0.15) is 17.5 Å². The average Bonchev–Trinajstić information content (AvgIpc) is 3.00. The topological polar surface area (TPSA) is 108 Å². The van der Waals surface area contributed by atoms with E-state index in [1.807, 2.05) is 19.1 Å². The number of rotatable bonds is 5. The Balaban J connectivity index is 1.41. The van der Waals surface area contributed by atoms with Crippen LogP contribution >= 0.6 is 0 Å². The summed E-state index contributed by atoms with van der Waals surface area (Å²) in [6, 6.07) is 13.7. The fourth-order valence-corrected chi connectivity index (χ4v) is 3.91. The van der Waals surface area contributed by atoms with Crippen LogP contribution in [0.2, 0.25) is 0 Å². The lowest BCUT2D eigenvalue weighted by molar-refractivity contribution is -0.139. The highest BCUT2D eigenvalue weighted by Gasteiger charge is 2.55. The summed E-state index contributed by atoms with van der Waals surface area (Å²) in [5.74, 6) is -0.865. The number of para-hydroxylation sites is 1. The van der Waals surface area contributed by atoms with E-state index in [9.17, 15) is 19.2 Å². The van der Waals surface area contributed by atoms with Crippen molar-refractivity contribution in [3.05, 3.63) is 59.7 Å². The number of imide groups is 1. The molecule has 9 nitrogen and oxygen atoms in total. The maximum atomic E-state index is 13.2. The van der Waals surface area contributed by atoms with Crippen LogP contribution in [-0.2, 0) is 19.9 Å². The molecule has 2 aliphatic rings. The van der Waals surface area contributed by atoms with Gasteiger partial charge in [0.15, 0.2) is 5.54 Å². The Hall–Kier alpha value is -3.88. The molecule has 0 aromatic heterocycles. The number of hydrogen-bond donors (Lipinski definition) is 2. The molecule has 0 bridgehead atoms. The second-order valence-electron chi connectivity index (χ2n) is 7.99. The molecular formula is C23H24N4O5. The lowest BCUT2D eigenvalue weighted by atomic mass is 9.84. The van der Waals surface area contributed by atoms with E-state index in [-0.39, 0.29) is 25.5 Å². The van der Waals surface area contributed by atoms with E-state index in [1.165, 1.54) is 11.9 Å². The second-order valence-corrected chi connectivity index (χ2v) is 7.99. The van der Waals surface area contributed by atoms with Gasteiger partial charge in [0, 0.05) is 24.7 Å². The van der Waals surface area contributed by atoms with Crippen LogP contribution in [0.15, 0.2) is 48.5 Å². The molecule has 0 unspecified atom stereocenters. The first-order valence-electron chi connectivity index (χ1n) is 10.3. The van der Waals surface area contributed by atoms with E-state index >= 15 is 0 Å². The molecule has 9 heteroatoms. The van der Waals surface area contributed by atoms with Gasteiger partial charge in [0.05, 0.1) is 13.2 Å². The Morgan fingerprint density at radius 3 is 2.62 bits per heavy atom. The summed E-state index contributed by atoms with van der Waals surface area (Å²) in [4.78, 5) is 52.9. The number of carbonyl (C=O) groups excluding carboxylic acids is 4. The van der Waals surface area contributed by atoms with Gasteiger partial charge in [0.1, 0.15) is 12.3 Å². The third kappa shape index (κ3) is 3.89. The molecule has 166 valence electrons. The number of ether oxygens (including phenoxy) is 1. The third-order valence-electron chi connectivity index (χ3n) is 5.69. The lowest BCUT2D eigenvalue weighted by Gasteiger charge is -2.33. The Bertz CT molecular complexity index is 1080. The zero-order valence-electron chi connectivity index (χ0n) is 17.9. The predicted octanol–water partition coefficient (Wildman–Crippen LogP) is 1.62. The van der Waals surface area contributed by atoms with Gasteiger partial charge in [-0.15, -0.1) is 0 Å². The van der Waals surface area contributed by atoms with Crippen LogP contribution in [0.25, 0.3) is 0 Å². The number of likely N-dealkylation sites (N-methyl/N-ethyl adjacent to an activating group) is 1. The van der Waals surface area contributed by atoms with Crippen LogP contribution in [0.5, 0.6) is 5.75 Å². The smallest absolute Gasteiger partial charge is 0.325 e. The fraction of sp³-hybridized carbons (Fsp3) is 0.304. The Labute approximate surface area is 185 Å². The standard InChI is InChI=1S/C23H24N4O5/c1-15-7-9-16(10-8-15)24-19(28)13-26(2)20(29)14-27-21(30)23(25-22(27)31)11-12-32-18-6-4-3-5-17(18)23/h3-10H,11-14H2,1-2H3,(H,24,28)(H,25,31)/t23-/m1/s1. The molecule has 0 saturated carbocycles. The van der Waals surface area contributed by atoms with Crippen molar-refractivity contribution in [2.45, 2.75) is 18.9 Å². The van der Waals surface area contributed by atoms with Gasteiger partial charge in [0.2, 0.25) is 11.8 Å². The van der Waals surface area contributed by atoms with Crippen LogP contribution in [0, 0.1) is 6.92 Å². The quantitative estimate of drug-likeness (QED) is 0.693. The van der Waals surface area contributed by atoms with Crippen molar-refractivity contribution in [2.75, 3.05) is 32.1 Å². The summed E-state index contributed by atoms with van der Waals surface area (Å²) in [6.07, 6.45) is 0.272. The number of benzene rings is 2. The number of nitrogens with zero attached hydrogens (tertiary/aromatic N) is 2. The fourth-order valence-electron chi connectivity index (χ4n) is 3.91. The van der Waals surface area contributed by atoms with E-state index < -0.39 is 29.9 Å². The van der Waals surface area contributed by atoms with Gasteiger partial charge >= 0.3 is 6.03 Å². The molecule has 0 radical (unpaired) electrons. The maximum absolute atomic E-state index is 13.2. The van der Waals surface area contributed by atoms with Gasteiger partial charge in [-0.1, -0.05) is 35.9 Å². The van der Waals surface area contributed by atoms with Crippen LogP contribution < -0.4 is 15.4 Å². The van der Waals surface area contributed by atoms with Crippen molar-refractivity contribution in [3.63, 3.8) is 0 Å². The molecule has 2 aliphatic heterocycles. The molecular weight excluding hydrogens is 412 g/mol. The Morgan fingerprint density at radius 2 is 1.88 bits per heavy atom. The normalized spacial score (nSPS) is 19.2. The summed E-state index contributed by atoms with van der Waals surface area (Å²) < 4.78 is 5.61. The number of carbonyl (C=O) groups is 4. The van der Waals surface area contributed by atoms with Gasteiger partial charge < -0.3 is 20.3 Å². The average molecular weight is 436 g/mol. The minimum atomic E-state index is -1.24. The largest absolute Gasteiger partial charge is 0.493 e. The molecule has 2 aromatic rings. The first kappa shape index (κ1) is 21.4.